The highest BCUT2D eigenvalue weighted by molar-refractivity contribution is 6.18. The summed E-state index contributed by atoms with van der Waals surface area (Å²) in [5, 5.41) is 3.49. The van der Waals surface area contributed by atoms with E-state index in [-0.39, 0.29) is 12.4 Å². The average Bonchev–Trinajstić information content (AvgIpc) is 2.61. The number of anilines is 1. The van der Waals surface area contributed by atoms with Crippen molar-refractivity contribution in [3.8, 4) is 0 Å². The van der Waals surface area contributed by atoms with Crippen LogP contribution in [0.3, 0.4) is 0 Å². The summed E-state index contributed by atoms with van der Waals surface area (Å²) in [4.78, 5) is 0. The van der Waals surface area contributed by atoms with Crippen molar-refractivity contribution in [2.24, 2.45) is 0 Å². The number of halogens is 3. The van der Waals surface area contributed by atoms with Crippen LogP contribution in [0.25, 0.3) is 0 Å². The van der Waals surface area contributed by atoms with Crippen molar-refractivity contribution in [3.63, 3.8) is 0 Å². The van der Waals surface area contributed by atoms with Crippen LogP contribution in [0.15, 0.2) is 60.7 Å². The maximum Gasteiger partial charge on any atom is 0.104 e. The molecular weight excluding hydrogens is 375 g/mol. The molecule has 2 nitrogen and oxygen atoms in total. The van der Waals surface area contributed by atoms with E-state index in [9.17, 15) is 0 Å². The first kappa shape index (κ1) is 22.1. The second kappa shape index (κ2) is 12.4. The molecule has 0 atom stereocenters. The number of para-hydroxylation sites is 1. The lowest BCUT2D eigenvalue weighted by molar-refractivity contribution is -0.936. The predicted molar refractivity (Wildman–Crippen MR) is 106 cm³/mol. The fraction of sp³-hybridized carbons (Fsp3) is 0.400. The molecular formula is C20H27Cl3N2. The molecule has 0 amide bonds. The van der Waals surface area contributed by atoms with Crippen molar-refractivity contribution in [2.75, 3.05) is 43.3 Å². The number of benzene rings is 2. The number of rotatable bonds is 11. The molecule has 2 aromatic carbocycles. The predicted octanol–water partition coefficient (Wildman–Crippen LogP) is 1.99. The average molecular weight is 402 g/mol. The summed E-state index contributed by atoms with van der Waals surface area (Å²) >= 11 is 12.2. The minimum Gasteiger partial charge on any atom is -1.00 e. The molecule has 0 saturated heterocycles. The van der Waals surface area contributed by atoms with E-state index in [1.165, 1.54) is 11.3 Å². The van der Waals surface area contributed by atoms with Crippen LogP contribution in [0.1, 0.15) is 12.0 Å². The van der Waals surface area contributed by atoms with Crippen LogP contribution in [0.5, 0.6) is 0 Å². The molecule has 2 aromatic rings. The van der Waals surface area contributed by atoms with Gasteiger partial charge in [-0.3, -0.25) is 0 Å². The lowest BCUT2D eigenvalue weighted by atomic mass is 10.1. The van der Waals surface area contributed by atoms with Crippen molar-refractivity contribution in [3.05, 3.63) is 66.2 Å². The molecule has 0 bridgehead atoms. The second-order valence-electron chi connectivity index (χ2n) is 6.18. The van der Waals surface area contributed by atoms with Crippen LogP contribution < -0.4 is 17.7 Å². The first-order valence-electron chi connectivity index (χ1n) is 8.58. The Hall–Kier alpha value is -0.930. The van der Waals surface area contributed by atoms with Gasteiger partial charge in [-0.15, -0.1) is 23.2 Å². The third-order valence-electron chi connectivity index (χ3n) is 4.39. The molecule has 1 N–H and O–H groups in total. The molecule has 2 rings (SSSR count). The molecule has 0 unspecified atom stereocenters. The van der Waals surface area contributed by atoms with Gasteiger partial charge in [-0.1, -0.05) is 48.5 Å². The monoisotopic (exact) mass is 400 g/mol. The first-order valence-corrected chi connectivity index (χ1v) is 9.65. The lowest BCUT2D eigenvalue weighted by Crippen LogP contribution is -3.00. The molecule has 0 aliphatic carbocycles. The minimum atomic E-state index is 0. The van der Waals surface area contributed by atoms with Gasteiger partial charge in [-0.25, -0.2) is 0 Å². The highest BCUT2D eigenvalue weighted by Crippen LogP contribution is 2.17. The molecule has 0 heterocycles. The van der Waals surface area contributed by atoms with Gasteiger partial charge < -0.3 is 22.2 Å². The van der Waals surface area contributed by atoms with E-state index in [0.717, 1.165) is 43.6 Å². The van der Waals surface area contributed by atoms with Crippen molar-refractivity contribution < 1.29 is 16.9 Å². The largest absolute Gasteiger partial charge is 1.00 e. The van der Waals surface area contributed by atoms with Gasteiger partial charge in [0.05, 0.1) is 31.4 Å². The molecule has 0 radical (unpaired) electrons. The van der Waals surface area contributed by atoms with Gasteiger partial charge in [-0.05, 0) is 12.1 Å². The maximum atomic E-state index is 6.12. The minimum absolute atomic E-state index is 0. The van der Waals surface area contributed by atoms with Crippen LogP contribution in [-0.4, -0.2) is 42.4 Å². The van der Waals surface area contributed by atoms with Gasteiger partial charge in [-0.2, -0.15) is 0 Å². The molecule has 138 valence electrons. The van der Waals surface area contributed by atoms with Gasteiger partial charge in [0.1, 0.15) is 6.54 Å². The molecule has 0 aliphatic rings. The van der Waals surface area contributed by atoms with Crippen molar-refractivity contribution in [1.82, 2.24) is 0 Å². The molecule has 5 heteroatoms. The highest BCUT2D eigenvalue weighted by Gasteiger charge is 2.26. The summed E-state index contributed by atoms with van der Waals surface area (Å²) in [7, 11) is 0. The van der Waals surface area contributed by atoms with Gasteiger partial charge in [0, 0.05) is 24.2 Å². The Morgan fingerprint density at radius 3 is 1.88 bits per heavy atom. The Labute approximate surface area is 168 Å². The van der Waals surface area contributed by atoms with Crippen LogP contribution >= 0.6 is 23.2 Å². The SMILES string of the molecule is ClCC[N+](CCCl)(CCCNc1ccccc1)Cc1ccccc1.[Cl-]. The van der Waals surface area contributed by atoms with Crippen LogP contribution in [-0.2, 0) is 6.54 Å². The van der Waals surface area contributed by atoms with E-state index < -0.39 is 0 Å². The third-order valence-corrected chi connectivity index (χ3v) is 4.73. The highest BCUT2D eigenvalue weighted by atomic mass is 35.5. The van der Waals surface area contributed by atoms with E-state index in [4.69, 9.17) is 23.2 Å². The van der Waals surface area contributed by atoms with Crippen LogP contribution in [0, 0.1) is 0 Å². The Morgan fingerprint density at radius 2 is 1.32 bits per heavy atom. The Bertz CT molecular complexity index is 558. The van der Waals surface area contributed by atoms with E-state index >= 15 is 0 Å². The molecule has 0 aliphatic heterocycles. The van der Waals surface area contributed by atoms with Crippen LogP contribution in [0.4, 0.5) is 5.69 Å². The summed E-state index contributed by atoms with van der Waals surface area (Å²) in [6, 6.07) is 21.0. The molecule has 0 spiro atoms. The van der Waals surface area contributed by atoms with E-state index in [2.05, 4.69) is 59.9 Å². The summed E-state index contributed by atoms with van der Waals surface area (Å²) in [5.41, 5.74) is 2.53. The fourth-order valence-corrected chi connectivity index (χ4v) is 3.82. The standard InChI is InChI=1S/C20H27Cl2N2.ClH/c21-12-16-24(17-13-22,18-19-8-3-1-4-9-19)15-7-14-23-20-10-5-2-6-11-20;/h1-6,8-11,23H,7,12-18H2;1H/q+1;/p-1. The van der Waals surface area contributed by atoms with Gasteiger partial charge in [0.2, 0.25) is 0 Å². The van der Waals surface area contributed by atoms with Gasteiger partial charge in [0.25, 0.3) is 0 Å². The summed E-state index contributed by atoms with van der Waals surface area (Å²) in [6.07, 6.45) is 1.09. The summed E-state index contributed by atoms with van der Waals surface area (Å²) in [5.74, 6) is 1.33. The Balaban J connectivity index is 0.00000312. The number of nitrogens with zero attached hydrogens (tertiary/aromatic N) is 1. The number of hydrogen-bond donors (Lipinski definition) is 1. The normalized spacial score (nSPS) is 11.0. The zero-order chi connectivity index (χ0) is 17.1. The van der Waals surface area contributed by atoms with E-state index in [0.29, 0.717) is 11.8 Å². The van der Waals surface area contributed by atoms with Crippen molar-refractivity contribution in [1.29, 1.82) is 0 Å². The lowest BCUT2D eigenvalue weighted by Gasteiger charge is -2.38. The third kappa shape index (κ3) is 7.87. The quantitative estimate of drug-likeness (QED) is 0.345. The zero-order valence-electron chi connectivity index (χ0n) is 14.5. The Kier molecular flexibility index (Phi) is 11.0. The smallest absolute Gasteiger partial charge is 0.104 e. The summed E-state index contributed by atoms with van der Waals surface area (Å²) < 4.78 is 0.952. The zero-order valence-corrected chi connectivity index (χ0v) is 16.8. The Morgan fingerprint density at radius 1 is 0.760 bits per heavy atom. The van der Waals surface area contributed by atoms with Crippen molar-refractivity contribution in [2.45, 2.75) is 13.0 Å². The first-order chi connectivity index (χ1) is 11.8. The number of quaternary nitrogens is 1. The molecule has 25 heavy (non-hydrogen) atoms. The number of nitrogens with one attached hydrogen (secondary N) is 1. The van der Waals surface area contributed by atoms with E-state index in [1.807, 2.05) is 6.07 Å². The van der Waals surface area contributed by atoms with Crippen molar-refractivity contribution >= 4 is 28.9 Å². The maximum absolute atomic E-state index is 6.12. The van der Waals surface area contributed by atoms with E-state index in [1.54, 1.807) is 0 Å². The molecule has 0 fully saturated rings. The number of hydrogen-bond acceptors (Lipinski definition) is 1. The topological polar surface area (TPSA) is 12.0 Å². The second-order valence-corrected chi connectivity index (χ2v) is 6.94. The summed E-state index contributed by atoms with van der Waals surface area (Å²) in [6.45, 7) is 4.94. The molecule has 0 aromatic heterocycles. The van der Waals surface area contributed by atoms with Gasteiger partial charge >= 0.3 is 0 Å². The number of alkyl halides is 2. The van der Waals surface area contributed by atoms with Crippen LogP contribution in [0.2, 0.25) is 0 Å². The molecule has 0 saturated carbocycles. The fourth-order valence-electron chi connectivity index (χ4n) is 3.11. The van der Waals surface area contributed by atoms with Gasteiger partial charge in [0.15, 0.2) is 0 Å².